The monoisotopic (exact) mass is 404 g/mol. The molecule has 0 spiro atoms. The van der Waals surface area contributed by atoms with E-state index in [9.17, 15) is 4.79 Å². The third-order valence-corrected chi connectivity index (χ3v) is 5.89. The molecule has 1 aliphatic rings. The summed E-state index contributed by atoms with van der Waals surface area (Å²) in [6.07, 6.45) is 8.59. The summed E-state index contributed by atoms with van der Waals surface area (Å²) < 4.78 is 2.32. The van der Waals surface area contributed by atoms with Gasteiger partial charge in [0.15, 0.2) is 0 Å². The highest BCUT2D eigenvalue weighted by Crippen LogP contribution is 2.36. The van der Waals surface area contributed by atoms with Crippen LogP contribution in [0.2, 0.25) is 0 Å². The van der Waals surface area contributed by atoms with Crippen LogP contribution in [0, 0.1) is 5.92 Å². The molecule has 0 saturated carbocycles. The first-order valence-electron chi connectivity index (χ1n) is 11.1. The largest absolute Gasteiger partial charge is 0.355 e. The third kappa shape index (κ3) is 4.26. The first-order chi connectivity index (χ1) is 14.6. The summed E-state index contributed by atoms with van der Waals surface area (Å²) in [5, 5.41) is 8.10. The molecule has 1 aromatic carbocycles. The number of pyridine rings is 1. The Labute approximate surface area is 178 Å². The number of aromatic nitrogens is 2. The lowest BCUT2D eigenvalue weighted by Gasteiger charge is -2.25. The number of amides is 1. The number of carbonyl (C=O) groups is 1. The van der Waals surface area contributed by atoms with E-state index in [4.69, 9.17) is 0 Å². The van der Waals surface area contributed by atoms with Gasteiger partial charge in [0.25, 0.3) is 0 Å². The minimum Gasteiger partial charge on any atom is -0.355 e. The molecule has 5 heteroatoms. The van der Waals surface area contributed by atoms with Crippen LogP contribution in [0.5, 0.6) is 0 Å². The van der Waals surface area contributed by atoms with E-state index in [1.54, 1.807) is 0 Å². The molecule has 2 N–H and O–H groups in total. The molecule has 0 fully saturated rings. The molecule has 1 amide bonds. The van der Waals surface area contributed by atoms with Crippen molar-refractivity contribution in [3.8, 4) is 0 Å². The maximum Gasteiger partial charge on any atom is 0.237 e. The molecule has 0 unspecified atom stereocenters. The maximum absolute atomic E-state index is 12.9. The molecular formula is C25H32N4O. The number of rotatable bonds is 7. The highest BCUT2D eigenvalue weighted by molar-refractivity contribution is 5.90. The molecule has 5 nitrogen and oxygen atoms in total. The van der Waals surface area contributed by atoms with E-state index < -0.39 is 0 Å². The number of hydrogen-bond acceptors (Lipinski definition) is 3. The maximum atomic E-state index is 12.9. The zero-order valence-corrected chi connectivity index (χ0v) is 18.2. The van der Waals surface area contributed by atoms with Crippen molar-refractivity contribution < 1.29 is 4.79 Å². The van der Waals surface area contributed by atoms with Crippen LogP contribution in [-0.4, -0.2) is 28.0 Å². The van der Waals surface area contributed by atoms with Gasteiger partial charge in [0.1, 0.15) is 0 Å². The molecule has 3 heterocycles. The Bertz CT molecular complexity index is 1010. The molecule has 4 rings (SSSR count). The molecule has 0 radical (unpaired) electrons. The lowest BCUT2D eigenvalue weighted by atomic mass is 9.94. The van der Waals surface area contributed by atoms with Crippen molar-refractivity contribution in [1.29, 1.82) is 0 Å². The van der Waals surface area contributed by atoms with Crippen LogP contribution in [0.3, 0.4) is 0 Å². The Morgan fingerprint density at radius 1 is 1.27 bits per heavy atom. The van der Waals surface area contributed by atoms with Gasteiger partial charge < -0.3 is 9.88 Å². The smallest absolute Gasteiger partial charge is 0.237 e. The number of nitrogens with zero attached hydrogens (tertiary/aromatic N) is 2. The molecule has 30 heavy (non-hydrogen) atoms. The average molecular weight is 405 g/mol. The minimum absolute atomic E-state index is 0.105. The number of benzene rings is 1. The number of hydrogen-bond donors (Lipinski definition) is 2. The van der Waals surface area contributed by atoms with E-state index in [2.05, 4.69) is 77.5 Å². The van der Waals surface area contributed by atoms with Gasteiger partial charge in [-0.25, -0.2) is 0 Å². The van der Waals surface area contributed by atoms with Crippen LogP contribution < -0.4 is 10.6 Å². The normalized spacial score (nSPS) is 18.5. The fraction of sp³-hybridized carbons (Fsp3) is 0.440. The molecule has 0 saturated heterocycles. The van der Waals surface area contributed by atoms with Crippen LogP contribution in [0.25, 0.3) is 10.9 Å². The van der Waals surface area contributed by atoms with E-state index in [0.29, 0.717) is 12.3 Å². The van der Waals surface area contributed by atoms with Gasteiger partial charge >= 0.3 is 0 Å². The van der Waals surface area contributed by atoms with Gasteiger partial charge in [-0.3, -0.25) is 15.1 Å². The van der Waals surface area contributed by atoms with Crippen molar-refractivity contribution in [3.05, 3.63) is 65.6 Å². The number of nitrogens with one attached hydrogen (secondary N) is 2. The molecule has 3 aromatic rings. The Hall–Kier alpha value is -2.66. The zero-order valence-electron chi connectivity index (χ0n) is 18.2. The van der Waals surface area contributed by atoms with Crippen LogP contribution in [0.4, 0.5) is 0 Å². The summed E-state index contributed by atoms with van der Waals surface area (Å²) in [5.74, 6) is 0.644. The van der Waals surface area contributed by atoms with E-state index in [-0.39, 0.29) is 18.0 Å². The summed E-state index contributed by atoms with van der Waals surface area (Å²) in [5.41, 5.74) is 5.04. The van der Waals surface area contributed by atoms with Gasteiger partial charge in [0.05, 0.1) is 6.04 Å². The molecule has 2 aromatic heterocycles. The van der Waals surface area contributed by atoms with Gasteiger partial charge in [-0.05, 0) is 60.1 Å². The molecule has 0 bridgehead atoms. The standard InChI is InChI=1S/C25H32N4O/c1-4-10-27-25(30)22-14-19-16-29(15-18-8-11-26-12-9-18)23-7-5-6-20(24(19)23)21(28-22)13-17(2)3/h5-9,11-12,16-17,21-22,28H,4,10,13-15H2,1-3H3,(H,27,30)/t21-,22-/m0/s1. The number of carbonyl (C=O) groups excluding carboxylic acids is 1. The summed E-state index contributed by atoms with van der Waals surface area (Å²) in [6, 6.07) is 10.7. The molecule has 0 aliphatic carbocycles. The Balaban J connectivity index is 1.76. The first-order valence-corrected chi connectivity index (χ1v) is 11.1. The van der Waals surface area contributed by atoms with Crippen LogP contribution in [-0.2, 0) is 17.8 Å². The van der Waals surface area contributed by atoms with Crippen molar-refractivity contribution in [3.63, 3.8) is 0 Å². The highest BCUT2D eigenvalue weighted by Gasteiger charge is 2.30. The summed E-state index contributed by atoms with van der Waals surface area (Å²) in [4.78, 5) is 17.1. The average Bonchev–Trinajstić information content (AvgIpc) is 3.00. The van der Waals surface area contributed by atoms with Gasteiger partial charge in [-0.1, -0.05) is 32.9 Å². The molecule has 158 valence electrons. The molecular weight excluding hydrogens is 372 g/mol. The third-order valence-electron chi connectivity index (χ3n) is 5.89. The van der Waals surface area contributed by atoms with Gasteiger partial charge in [0.2, 0.25) is 5.91 Å². The van der Waals surface area contributed by atoms with Gasteiger partial charge in [-0.15, -0.1) is 0 Å². The van der Waals surface area contributed by atoms with Gasteiger partial charge in [-0.2, -0.15) is 0 Å². The fourth-order valence-electron chi connectivity index (χ4n) is 4.55. The minimum atomic E-state index is -0.215. The van der Waals surface area contributed by atoms with Crippen molar-refractivity contribution in [1.82, 2.24) is 20.2 Å². The molecule has 2 atom stereocenters. The second kappa shape index (κ2) is 9.00. The molecule has 1 aliphatic heterocycles. The van der Waals surface area contributed by atoms with E-state index >= 15 is 0 Å². The highest BCUT2D eigenvalue weighted by atomic mass is 16.2. The second-order valence-electron chi connectivity index (χ2n) is 8.78. The van der Waals surface area contributed by atoms with Crippen molar-refractivity contribution in [2.45, 2.75) is 58.7 Å². The van der Waals surface area contributed by atoms with E-state index in [1.807, 2.05) is 12.4 Å². The predicted octanol–water partition coefficient (Wildman–Crippen LogP) is 4.21. The Kier molecular flexibility index (Phi) is 6.18. The van der Waals surface area contributed by atoms with Crippen molar-refractivity contribution >= 4 is 16.8 Å². The quantitative estimate of drug-likeness (QED) is 0.620. The Morgan fingerprint density at radius 2 is 2.07 bits per heavy atom. The van der Waals surface area contributed by atoms with Crippen LogP contribution in [0.1, 0.15) is 56.3 Å². The van der Waals surface area contributed by atoms with Crippen molar-refractivity contribution in [2.75, 3.05) is 6.54 Å². The Morgan fingerprint density at radius 3 is 2.80 bits per heavy atom. The summed E-state index contributed by atoms with van der Waals surface area (Å²) in [7, 11) is 0. The summed E-state index contributed by atoms with van der Waals surface area (Å²) in [6.45, 7) is 8.10. The van der Waals surface area contributed by atoms with Crippen molar-refractivity contribution in [2.24, 2.45) is 5.92 Å². The topological polar surface area (TPSA) is 59.0 Å². The van der Waals surface area contributed by atoms with Crippen LogP contribution >= 0.6 is 0 Å². The lowest BCUT2D eigenvalue weighted by Crippen LogP contribution is -2.46. The zero-order chi connectivity index (χ0) is 21.1. The van der Waals surface area contributed by atoms with E-state index in [1.165, 1.54) is 27.6 Å². The lowest BCUT2D eigenvalue weighted by molar-refractivity contribution is -0.123. The fourth-order valence-corrected chi connectivity index (χ4v) is 4.55. The van der Waals surface area contributed by atoms with Gasteiger partial charge in [0, 0.05) is 48.6 Å². The van der Waals surface area contributed by atoms with E-state index in [0.717, 1.165) is 25.9 Å². The SMILES string of the molecule is CCCNC(=O)[C@@H]1Cc2cn(Cc3ccncc3)c3cccc(c23)[C@H](CC(C)C)N1. The first kappa shape index (κ1) is 20.6. The van der Waals surface area contributed by atoms with Crippen LogP contribution in [0.15, 0.2) is 48.9 Å². The summed E-state index contributed by atoms with van der Waals surface area (Å²) >= 11 is 0. The predicted molar refractivity (Wildman–Crippen MR) is 121 cm³/mol. The second-order valence-corrected chi connectivity index (χ2v) is 8.78.